The van der Waals surface area contributed by atoms with Gasteiger partial charge in [0.2, 0.25) is 0 Å². The normalized spacial score (nSPS) is 13.4. The SMILES string of the molecule is c1ccc(N(c2ccccc2)c2ccc3c4c(ccc3c2)-c2ccc3ccccc3c2C42c3ccccc3-c3ccccc32)cc1. The summed E-state index contributed by atoms with van der Waals surface area (Å²) in [6.07, 6.45) is 0. The Kier molecular flexibility index (Phi) is 5.27. The standard InChI is InChI=1S/C45H29N/c1-3-14-32(15-4-1)46(33-16-5-2-6-17-33)34-25-28-36-31(29-34)24-27-40-39-26-23-30-13-7-8-18-35(30)43(39)45(44(36)40)41-21-11-9-19-37(41)38-20-10-12-22-42(38)45/h1-29H. The zero-order valence-electron chi connectivity index (χ0n) is 25.2. The summed E-state index contributed by atoms with van der Waals surface area (Å²) in [6.45, 7) is 0. The van der Waals surface area contributed by atoms with Crippen LogP contribution in [0.5, 0.6) is 0 Å². The fourth-order valence-corrected chi connectivity index (χ4v) is 8.48. The molecular weight excluding hydrogens is 555 g/mol. The van der Waals surface area contributed by atoms with Gasteiger partial charge in [-0.05, 0) is 102 Å². The van der Waals surface area contributed by atoms with Crippen molar-refractivity contribution in [2.45, 2.75) is 5.41 Å². The van der Waals surface area contributed by atoms with E-state index in [9.17, 15) is 0 Å². The van der Waals surface area contributed by atoms with Crippen LogP contribution in [0.2, 0.25) is 0 Å². The van der Waals surface area contributed by atoms with E-state index in [1.807, 2.05) is 0 Å². The fraction of sp³-hybridized carbons (Fsp3) is 0.0222. The van der Waals surface area contributed by atoms with Crippen molar-refractivity contribution in [3.63, 3.8) is 0 Å². The third kappa shape index (κ3) is 3.29. The minimum atomic E-state index is -0.418. The van der Waals surface area contributed by atoms with Crippen molar-refractivity contribution in [1.29, 1.82) is 0 Å². The predicted molar refractivity (Wildman–Crippen MR) is 192 cm³/mol. The Balaban J connectivity index is 1.31. The van der Waals surface area contributed by atoms with Gasteiger partial charge in [0.15, 0.2) is 0 Å². The number of nitrogens with zero attached hydrogens (tertiary/aromatic N) is 1. The van der Waals surface area contributed by atoms with Crippen molar-refractivity contribution in [2.75, 3.05) is 4.90 Å². The molecule has 0 aliphatic heterocycles. The van der Waals surface area contributed by atoms with Gasteiger partial charge in [-0.2, -0.15) is 0 Å². The van der Waals surface area contributed by atoms with Crippen LogP contribution in [0.3, 0.4) is 0 Å². The molecule has 0 N–H and O–H groups in total. The first-order valence-corrected chi connectivity index (χ1v) is 16.0. The molecule has 8 aromatic carbocycles. The lowest BCUT2D eigenvalue weighted by atomic mass is 9.68. The molecule has 0 aromatic heterocycles. The summed E-state index contributed by atoms with van der Waals surface area (Å²) in [5.74, 6) is 0. The zero-order valence-corrected chi connectivity index (χ0v) is 25.2. The van der Waals surface area contributed by atoms with E-state index in [2.05, 4.69) is 181 Å². The molecular formula is C45H29N. The Morgan fingerprint density at radius 1 is 0.326 bits per heavy atom. The average molecular weight is 584 g/mol. The van der Waals surface area contributed by atoms with Gasteiger partial charge < -0.3 is 4.90 Å². The van der Waals surface area contributed by atoms with Gasteiger partial charge in [0, 0.05) is 17.1 Å². The average Bonchev–Trinajstić information content (AvgIpc) is 3.60. The van der Waals surface area contributed by atoms with Crippen LogP contribution < -0.4 is 4.90 Å². The molecule has 8 aromatic rings. The van der Waals surface area contributed by atoms with Crippen LogP contribution in [-0.2, 0) is 5.41 Å². The highest BCUT2D eigenvalue weighted by atomic mass is 15.1. The lowest BCUT2D eigenvalue weighted by molar-refractivity contribution is 0.809. The Morgan fingerprint density at radius 3 is 1.46 bits per heavy atom. The number of fused-ring (bicyclic) bond motifs is 14. The first-order valence-electron chi connectivity index (χ1n) is 16.0. The lowest BCUT2D eigenvalue weighted by Gasteiger charge is -2.32. The highest BCUT2D eigenvalue weighted by Gasteiger charge is 2.53. The van der Waals surface area contributed by atoms with Gasteiger partial charge in [-0.25, -0.2) is 0 Å². The number of hydrogen-bond acceptors (Lipinski definition) is 1. The molecule has 0 unspecified atom stereocenters. The van der Waals surface area contributed by atoms with Crippen molar-refractivity contribution in [1.82, 2.24) is 0 Å². The summed E-state index contributed by atoms with van der Waals surface area (Å²) in [7, 11) is 0. The Morgan fingerprint density at radius 2 is 0.826 bits per heavy atom. The van der Waals surface area contributed by atoms with Crippen LogP contribution in [0.1, 0.15) is 22.3 Å². The highest BCUT2D eigenvalue weighted by molar-refractivity contribution is 6.09. The molecule has 0 saturated heterocycles. The second kappa shape index (κ2) is 9.54. The van der Waals surface area contributed by atoms with E-state index in [1.54, 1.807) is 0 Å². The topological polar surface area (TPSA) is 3.24 Å². The number of anilines is 3. The lowest BCUT2D eigenvalue weighted by Crippen LogP contribution is -2.26. The van der Waals surface area contributed by atoms with Gasteiger partial charge in [0.25, 0.3) is 0 Å². The molecule has 0 amide bonds. The smallest absolute Gasteiger partial charge is 0.0737 e. The molecule has 0 radical (unpaired) electrons. The maximum atomic E-state index is 2.38. The van der Waals surface area contributed by atoms with Crippen LogP contribution in [0, 0.1) is 0 Å². The second-order valence-electron chi connectivity index (χ2n) is 12.5. The molecule has 0 atom stereocenters. The molecule has 0 bridgehead atoms. The van der Waals surface area contributed by atoms with Crippen LogP contribution in [-0.4, -0.2) is 0 Å². The first kappa shape index (κ1) is 25.4. The van der Waals surface area contributed by atoms with Gasteiger partial charge in [0.05, 0.1) is 5.41 Å². The molecule has 1 spiro atoms. The largest absolute Gasteiger partial charge is 0.310 e. The number of para-hydroxylation sites is 2. The summed E-state index contributed by atoms with van der Waals surface area (Å²) in [5, 5.41) is 5.15. The minimum Gasteiger partial charge on any atom is -0.310 e. The van der Waals surface area contributed by atoms with Gasteiger partial charge in [-0.1, -0.05) is 140 Å². The molecule has 0 saturated carbocycles. The third-order valence-corrected chi connectivity index (χ3v) is 10.2. The molecule has 1 nitrogen and oxygen atoms in total. The second-order valence-corrected chi connectivity index (χ2v) is 12.5. The molecule has 0 heterocycles. The summed E-state index contributed by atoms with van der Waals surface area (Å²) < 4.78 is 0. The van der Waals surface area contributed by atoms with Crippen LogP contribution in [0.15, 0.2) is 176 Å². The van der Waals surface area contributed by atoms with Crippen molar-refractivity contribution in [3.05, 3.63) is 198 Å². The maximum Gasteiger partial charge on any atom is 0.0737 e. The van der Waals surface area contributed by atoms with Gasteiger partial charge >= 0.3 is 0 Å². The van der Waals surface area contributed by atoms with E-state index < -0.39 is 5.41 Å². The van der Waals surface area contributed by atoms with E-state index in [1.165, 1.54) is 66.1 Å². The zero-order chi connectivity index (χ0) is 30.2. The summed E-state index contributed by atoms with van der Waals surface area (Å²) in [4.78, 5) is 2.35. The van der Waals surface area contributed by atoms with Crippen molar-refractivity contribution in [3.8, 4) is 22.3 Å². The van der Waals surface area contributed by atoms with Crippen LogP contribution >= 0.6 is 0 Å². The Hall–Kier alpha value is -5.92. The monoisotopic (exact) mass is 583 g/mol. The van der Waals surface area contributed by atoms with Gasteiger partial charge in [-0.15, -0.1) is 0 Å². The number of hydrogen-bond donors (Lipinski definition) is 0. The van der Waals surface area contributed by atoms with Crippen molar-refractivity contribution < 1.29 is 0 Å². The first-order chi connectivity index (χ1) is 22.8. The molecule has 2 aliphatic rings. The summed E-state index contributed by atoms with van der Waals surface area (Å²) >= 11 is 0. The molecule has 2 aliphatic carbocycles. The summed E-state index contributed by atoms with van der Waals surface area (Å²) in [6, 6.07) is 64.9. The van der Waals surface area contributed by atoms with Crippen molar-refractivity contribution >= 4 is 38.6 Å². The van der Waals surface area contributed by atoms with E-state index in [0.29, 0.717) is 0 Å². The van der Waals surface area contributed by atoms with E-state index in [0.717, 1.165) is 17.1 Å². The predicted octanol–water partition coefficient (Wildman–Crippen LogP) is 11.8. The number of benzene rings is 8. The fourth-order valence-electron chi connectivity index (χ4n) is 8.48. The van der Waals surface area contributed by atoms with Gasteiger partial charge in [0.1, 0.15) is 0 Å². The maximum absolute atomic E-state index is 2.38. The van der Waals surface area contributed by atoms with Crippen molar-refractivity contribution in [2.24, 2.45) is 0 Å². The molecule has 10 rings (SSSR count). The highest BCUT2D eigenvalue weighted by Crippen LogP contribution is 2.65. The summed E-state index contributed by atoms with van der Waals surface area (Å²) in [5.41, 5.74) is 13.9. The third-order valence-electron chi connectivity index (χ3n) is 10.2. The molecule has 0 fully saturated rings. The van der Waals surface area contributed by atoms with Crippen LogP contribution in [0.4, 0.5) is 17.1 Å². The number of rotatable bonds is 3. The van der Waals surface area contributed by atoms with Gasteiger partial charge in [-0.3, -0.25) is 0 Å². The van der Waals surface area contributed by atoms with E-state index in [-0.39, 0.29) is 0 Å². The molecule has 214 valence electrons. The minimum absolute atomic E-state index is 0.418. The Labute approximate surface area is 268 Å². The van der Waals surface area contributed by atoms with Crippen LogP contribution in [0.25, 0.3) is 43.8 Å². The molecule has 1 heteroatoms. The Bertz CT molecular complexity index is 2390. The quantitative estimate of drug-likeness (QED) is 0.200. The molecule has 46 heavy (non-hydrogen) atoms. The van der Waals surface area contributed by atoms with E-state index >= 15 is 0 Å². The van der Waals surface area contributed by atoms with E-state index in [4.69, 9.17) is 0 Å².